The monoisotopic (exact) mass is 530 g/mol. The van der Waals surface area contributed by atoms with Crippen molar-refractivity contribution in [1.82, 2.24) is 25.4 Å². The molecule has 0 atom stereocenters. The summed E-state index contributed by atoms with van der Waals surface area (Å²) in [5, 5.41) is 16.4. The minimum absolute atomic E-state index is 0. The summed E-state index contributed by atoms with van der Waals surface area (Å²) in [5.41, 5.74) is 1.33. The van der Waals surface area contributed by atoms with Crippen LogP contribution in [-0.4, -0.2) is 46.6 Å². The zero-order chi connectivity index (χ0) is 20.2. The van der Waals surface area contributed by atoms with E-state index >= 15 is 0 Å². The van der Waals surface area contributed by atoms with Crippen molar-refractivity contribution in [2.24, 2.45) is 10.9 Å². The summed E-state index contributed by atoms with van der Waals surface area (Å²) in [7, 11) is 0. The van der Waals surface area contributed by atoms with Crippen LogP contribution in [0.4, 0.5) is 0 Å². The Balaban J connectivity index is 0.00000420. The van der Waals surface area contributed by atoms with E-state index in [1.165, 1.54) is 5.56 Å². The van der Waals surface area contributed by atoms with Gasteiger partial charge in [0.2, 0.25) is 0 Å². The van der Waals surface area contributed by atoms with Crippen molar-refractivity contribution in [1.29, 1.82) is 0 Å². The molecule has 0 saturated heterocycles. The van der Waals surface area contributed by atoms with Gasteiger partial charge in [0.1, 0.15) is 5.82 Å². The quantitative estimate of drug-likeness (QED) is 0.151. The molecular formula is C21H35IN6S. The molecule has 0 amide bonds. The first-order valence-corrected chi connectivity index (χ1v) is 11.4. The molecule has 6 nitrogen and oxygen atoms in total. The Morgan fingerprint density at radius 2 is 1.90 bits per heavy atom. The highest BCUT2D eigenvalue weighted by atomic mass is 127. The van der Waals surface area contributed by atoms with Crippen LogP contribution in [0.15, 0.2) is 40.5 Å². The molecule has 0 bridgehead atoms. The first-order valence-electron chi connectivity index (χ1n) is 10.2. The molecule has 0 aliphatic carbocycles. The maximum Gasteiger partial charge on any atom is 0.191 e. The Kier molecular flexibility index (Phi) is 13.0. The van der Waals surface area contributed by atoms with Gasteiger partial charge in [0.25, 0.3) is 0 Å². The van der Waals surface area contributed by atoms with E-state index in [-0.39, 0.29) is 24.0 Å². The lowest BCUT2D eigenvalue weighted by molar-refractivity contribution is 0.477. The van der Waals surface area contributed by atoms with E-state index in [0.717, 1.165) is 62.4 Å². The summed E-state index contributed by atoms with van der Waals surface area (Å²) < 4.78 is 2.25. The van der Waals surface area contributed by atoms with Crippen LogP contribution in [-0.2, 0) is 19.4 Å². The third-order valence-corrected chi connectivity index (χ3v) is 4.91. The molecule has 1 aromatic heterocycles. The summed E-state index contributed by atoms with van der Waals surface area (Å²) >= 11 is 1.66. The summed E-state index contributed by atoms with van der Waals surface area (Å²) in [5.74, 6) is 2.52. The molecule has 1 aromatic carbocycles. The molecule has 0 aliphatic heterocycles. The molecule has 29 heavy (non-hydrogen) atoms. The Bertz CT molecular complexity index is 717. The van der Waals surface area contributed by atoms with Crippen molar-refractivity contribution >= 4 is 41.7 Å². The van der Waals surface area contributed by atoms with Crippen LogP contribution in [0.25, 0.3) is 0 Å². The number of nitrogens with one attached hydrogen (secondary N) is 2. The van der Waals surface area contributed by atoms with Crippen LogP contribution in [0, 0.1) is 5.92 Å². The number of halogens is 1. The first-order chi connectivity index (χ1) is 13.6. The van der Waals surface area contributed by atoms with Gasteiger partial charge >= 0.3 is 0 Å². The van der Waals surface area contributed by atoms with E-state index < -0.39 is 0 Å². The summed E-state index contributed by atoms with van der Waals surface area (Å²) in [4.78, 5) is 4.71. The van der Waals surface area contributed by atoms with E-state index in [1.807, 2.05) is 6.07 Å². The van der Waals surface area contributed by atoms with E-state index in [1.54, 1.807) is 11.8 Å². The lowest BCUT2D eigenvalue weighted by Crippen LogP contribution is -2.38. The van der Waals surface area contributed by atoms with Crippen molar-refractivity contribution < 1.29 is 0 Å². The molecule has 162 valence electrons. The smallest absolute Gasteiger partial charge is 0.191 e. The molecule has 1 heterocycles. The predicted molar refractivity (Wildman–Crippen MR) is 135 cm³/mol. The number of aliphatic imine (C=N–C) groups is 1. The van der Waals surface area contributed by atoms with Crippen LogP contribution in [0.3, 0.4) is 0 Å². The maximum atomic E-state index is 4.71. The van der Waals surface area contributed by atoms with Gasteiger partial charge in [-0.05, 0) is 37.5 Å². The molecule has 8 heteroatoms. The van der Waals surface area contributed by atoms with Crippen molar-refractivity contribution in [2.45, 2.75) is 51.7 Å². The number of nitrogens with zero attached hydrogens (tertiary/aromatic N) is 4. The van der Waals surface area contributed by atoms with Gasteiger partial charge in [0.05, 0.1) is 0 Å². The number of aryl methyl sites for hydroxylation is 1. The molecule has 0 radical (unpaired) electrons. The Morgan fingerprint density at radius 3 is 2.55 bits per heavy atom. The number of hydrogen-bond acceptors (Lipinski definition) is 4. The molecule has 0 unspecified atom stereocenters. The van der Waals surface area contributed by atoms with E-state index in [4.69, 9.17) is 4.99 Å². The van der Waals surface area contributed by atoms with Gasteiger partial charge in [-0.1, -0.05) is 55.9 Å². The van der Waals surface area contributed by atoms with Gasteiger partial charge in [0.15, 0.2) is 11.1 Å². The minimum Gasteiger partial charge on any atom is -0.357 e. The second-order valence-corrected chi connectivity index (χ2v) is 7.91. The van der Waals surface area contributed by atoms with Crippen LogP contribution in [0.5, 0.6) is 0 Å². The third kappa shape index (κ3) is 9.37. The highest BCUT2D eigenvalue weighted by Gasteiger charge is 2.12. The van der Waals surface area contributed by atoms with Crippen LogP contribution in [0.1, 0.15) is 38.6 Å². The van der Waals surface area contributed by atoms with E-state index in [9.17, 15) is 0 Å². The molecule has 2 aromatic rings. The van der Waals surface area contributed by atoms with Crippen LogP contribution >= 0.6 is 35.7 Å². The molecular weight excluding hydrogens is 495 g/mol. The lowest BCUT2D eigenvalue weighted by Gasteiger charge is -2.12. The largest absolute Gasteiger partial charge is 0.357 e. The third-order valence-electron chi connectivity index (χ3n) is 4.25. The van der Waals surface area contributed by atoms with Crippen LogP contribution < -0.4 is 10.6 Å². The average molecular weight is 531 g/mol. The fourth-order valence-electron chi connectivity index (χ4n) is 2.94. The van der Waals surface area contributed by atoms with E-state index in [0.29, 0.717) is 5.92 Å². The number of aromatic nitrogens is 3. The standard InChI is InChI=1S/C21H34N6S.HI/c1-5-22-20(24-15-13-18-10-7-6-8-11-18)23-14-9-12-19-25-26-21(28-4)27(19)16-17(2)3;/h6-8,10-11,17H,5,9,12-16H2,1-4H3,(H2,22,23,24);1H. The summed E-state index contributed by atoms with van der Waals surface area (Å²) in [6, 6.07) is 10.5. The van der Waals surface area contributed by atoms with Gasteiger partial charge in [-0.3, -0.25) is 4.99 Å². The number of thioether (sulfide) groups is 1. The highest BCUT2D eigenvalue weighted by molar-refractivity contribution is 14.0. The van der Waals surface area contributed by atoms with Crippen LogP contribution in [0.2, 0.25) is 0 Å². The number of guanidine groups is 1. The second kappa shape index (κ2) is 14.7. The Labute approximate surface area is 196 Å². The van der Waals surface area contributed by atoms with E-state index in [2.05, 4.69) is 76.7 Å². The second-order valence-electron chi connectivity index (χ2n) is 7.13. The van der Waals surface area contributed by atoms with Gasteiger partial charge in [-0.25, -0.2) is 0 Å². The van der Waals surface area contributed by atoms with Crippen molar-refractivity contribution in [2.75, 3.05) is 25.9 Å². The SMILES string of the molecule is CCNC(=NCCCc1nnc(SC)n1CC(C)C)NCCc1ccccc1.I. The maximum absolute atomic E-state index is 4.71. The van der Waals surface area contributed by atoms with Gasteiger partial charge in [-0.15, -0.1) is 34.2 Å². The molecule has 2 rings (SSSR count). The van der Waals surface area contributed by atoms with Crippen molar-refractivity contribution in [3.05, 3.63) is 41.7 Å². The topological polar surface area (TPSA) is 67.1 Å². The lowest BCUT2D eigenvalue weighted by atomic mass is 10.1. The minimum atomic E-state index is 0. The first kappa shape index (κ1) is 25.7. The van der Waals surface area contributed by atoms with Crippen molar-refractivity contribution in [3.8, 4) is 0 Å². The average Bonchev–Trinajstić information content (AvgIpc) is 3.07. The van der Waals surface area contributed by atoms with Gasteiger partial charge in [0, 0.05) is 32.6 Å². The summed E-state index contributed by atoms with van der Waals surface area (Å²) in [6.45, 7) is 10.00. The molecule has 2 N–H and O–H groups in total. The molecule has 0 fully saturated rings. The number of hydrogen-bond donors (Lipinski definition) is 2. The fraction of sp³-hybridized carbons (Fsp3) is 0.571. The normalized spacial score (nSPS) is 11.4. The molecule has 0 aliphatic rings. The van der Waals surface area contributed by atoms with Gasteiger partial charge in [-0.2, -0.15) is 0 Å². The molecule has 0 saturated carbocycles. The molecule has 0 spiro atoms. The fourth-order valence-corrected chi connectivity index (χ4v) is 3.47. The Hall–Kier alpha value is -1.29. The zero-order valence-electron chi connectivity index (χ0n) is 18.0. The highest BCUT2D eigenvalue weighted by Crippen LogP contribution is 2.16. The zero-order valence-corrected chi connectivity index (χ0v) is 21.2. The van der Waals surface area contributed by atoms with Crippen molar-refractivity contribution in [3.63, 3.8) is 0 Å². The number of rotatable bonds is 11. The van der Waals surface area contributed by atoms with Gasteiger partial charge < -0.3 is 15.2 Å². The number of benzene rings is 1. The Morgan fingerprint density at radius 1 is 1.14 bits per heavy atom. The predicted octanol–water partition coefficient (Wildman–Crippen LogP) is 4.00. The summed E-state index contributed by atoms with van der Waals surface area (Å²) in [6.07, 6.45) is 4.90.